The fourth-order valence-corrected chi connectivity index (χ4v) is 2.25. The standard InChI is InChI=1S/C12H17N3O3/c1-8-5-9(2)15(13-8)7-11(16)14-4-3-10(6-14)12(17)18/h5,10H,3-4,6-7H2,1-2H3,(H,17,18). The van der Waals surface area contributed by atoms with Crippen molar-refractivity contribution in [3.63, 3.8) is 0 Å². The predicted octanol–water partition coefficient (Wildman–Crippen LogP) is 0.433. The maximum absolute atomic E-state index is 12.0. The number of likely N-dealkylation sites (tertiary alicyclic amines) is 1. The van der Waals surface area contributed by atoms with Crippen molar-refractivity contribution in [3.8, 4) is 0 Å². The number of rotatable bonds is 3. The van der Waals surface area contributed by atoms with Gasteiger partial charge in [0.25, 0.3) is 0 Å². The Kier molecular flexibility index (Phi) is 3.36. The van der Waals surface area contributed by atoms with Crippen LogP contribution in [-0.4, -0.2) is 44.8 Å². The highest BCUT2D eigenvalue weighted by Gasteiger charge is 2.30. The number of carboxylic acid groups (broad SMARTS) is 1. The average Bonchev–Trinajstić information content (AvgIpc) is 2.86. The van der Waals surface area contributed by atoms with Gasteiger partial charge in [0.05, 0.1) is 11.6 Å². The van der Waals surface area contributed by atoms with E-state index in [-0.39, 0.29) is 12.5 Å². The summed E-state index contributed by atoms with van der Waals surface area (Å²) in [5.74, 6) is -1.31. The molecule has 1 aromatic heterocycles. The Bertz CT molecular complexity index is 481. The van der Waals surface area contributed by atoms with E-state index in [1.807, 2.05) is 19.9 Å². The molecule has 1 aliphatic heterocycles. The van der Waals surface area contributed by atoms with Crippen molar-refractivity contribution < 1.29 is 14.7 Å². The van der Waals surface area contributed by atoms with Crippen molar-refractivity contribution in [1.29, 1.82) is 0 Å². The van der Waals surface area contributed by atoms with Crippen molar-refractivity contribution in [3.05, 3.63) is 17.5 Å². The molecule has 6 heteroatoms. The van der Waals surface area contributed by atoms with Gasteiger partial charge in [-0.25, -0.2) is 0 Å². The van der Waals surface area contributed by atoms with Crippen LogP contribution in [0, 0.1) is 19.8 Å². The zero-order valence-electron chi connectivity index (χ0n) is 10.6. The first-order valence-corrected chi connectivity index (χ1v) is 5.99. The highest BCUT2D eigenvalue weighted by atomic mass is 16.4. The van der Waals surface area contributed by atoms with Crippen LogP contribution in [0.15, 0.2) is 6.07 Å². The second kappa shape index (κ2) is 4.80. The minimum atomic E-state index is -0.823. The van der Waals surface area contributed by atoms with Gasteiger partial charge in [-0.05, 0) is 26.3 Å². The molecule has 1 aromatic rings. The topological polar surface area (TPSA) is 75.4 Å². The molecule has 1 atom stereocenters. The van der Waals surface area contributed by atoms with E-state index in [4.69, 9.17) is 5.11 Å². The van der Waals surface area contributed by atoms with E-state index < -0.39 is 11.9 Å². The molecule has 2 rings (SSSR count). The molecule has 0 saturated carbocycles. The summed E-state index contributed by atoms with van der Waals surface area (Å²) in [5.41, 5.74) is 1.82. The van der Waals surface area contributed by atoms with Crippen molar-refractivity contribution in [2.45, 2.75) is 26.8 Å². The summed E-state index contributed by atoms with van der Waals surface area (Å²) < 4.78 is 1.66. The van der Waals surface area contributed by atoms with Crippen LogP contribution in [-0.2, 0) is 16.1 Å². The van der Waals surface area contributed by atoms with E-state index in [1.54, 1.807) is 9.58 Å². The van der Waals surface area contributed by atoms with Gasteiger partial charge in [-0.1, -0.05) is 0 Å². The van der Waals surface area contributed by atoms with Crippen molar-refractivity contribution in [2.24, 2.45) is 5.92 Å². The van der Waals surface area contributed by atoms with Gasteiger partial charge in [-0.3, -0.25) is 14.3 Å². The molecule has 1 unspecified atom stereocenters. The van der Waals surface area contributed by atoms with Gasteiger partial charge in [0.1, 0.15) is 6.54 Å². The molecular formula is C12H17N3O3. The summed E-state index contributed by atoms with van der Waals surface area (Å²) in [6, 6.07) is 1.91. The van der Waals surface area contributed by atoms with E-state index >= 15 is 0 Å². The van der Waals surface area contributed by atoms with Crippen LogP contribution >= 0.6 is 0 Å². The molecule has 18 heavy (non-hydrogen) atoms. The van der Waals surface area contributed by atoms with Crippen molar-refractivity contribution in [1.82, 2.24) is 14.7 Å². The molecule has 2 heterocycles. The lowest BCUT2D eigenvalue weighted by Crippen LogP contribution is -2.33. The van der Waals surface area contributed by atoms with Crippen LogP contribution in [0.1, 0.15) is 17.8 Å². The number of aryl methyl sites for hydroxylation is 2. The Labute approximate surface area is 105 Å². The summed E-state index contributed by atoms with van der Waals surface area (Å²) in [6.07, 6.45) is 0.540. The first kappa shape index (κ1) is 12.6. The molecular weight excluding hydrogens is 234 g/mol. The molecule has 0 aromatic carbocycles. The maximum Gasteiger partial charge on any atom is 0.308 e. The van der Waals surface area contributed by atoms with E-state index in [1.165, 1.54) is 0 Å². The Morgan fingerprint density at radius 3 is 2.72 bits per heavy atom. The minimum Gasteiger partial charge on any atom is -0.481 e. The van der Waals surface area contributed by atoms with Crippen LogP contribution < -0.4 is 0 Å². The van der Waals surface area contributed by atoms with Gasteiger partial charge in [0.15, 0.2) is 0 Å². The molecule has 1 fully saturated rings. The average molecular weight is 251 g/mol. The molecule has 98 valence electrons. The highest BCUT2D eigenvalue weighted by molar-refractivity contribution is 5.78. The van der Waals surface area contributed by atoms with E-state index in [2.05, 4.69) is 5.10 Å². The van der Waals surface area contributed by atoms with Crippen molar-refractivity contribution >= 4 is 11.9 Å². The van der Waals surface area contributed by atoms with Gasteiger partial charge < -0.3 is 10.0 Å². The number of carbonyl (C=O) groups is 2. The lowest BCUT2D eigenvalue weighted by molar-refractivity contribution is -0.141. The molecule has 0 radical (unpaired) electrons. The van der Waals surface area contributed by atoms with E-state index in [0.717, 1.165) is 11.4 Å². The monoisotopic (exact) mass is 251 g/mol. The fourth-order valence-electron chi connectivity index (χ4n) is 2.25. The summed E-state index contributed by atoms with van der Waals surface area (Å²) >= 11 is 0. The summed E-state index contributed by atoms with van der Waals surface area (Å²) in [4.78, 5) is 24.5. The lowest BCUT2D eigenvalue weighted by atomic mass is 10.1. The second-order valence-corrected chi connectivity index (χ2v) is 4.75. The zero-order chi connectivity index (χ0) is 13.3. The van der Waals surface area contributed by atoms with Crippen LogP contribution in [0.3, 0.4) is 0 Å². The minimum absolute atomic E-state index is 0.0649. The van der Waals surface area contributed by atoms with E-state index in [0.29, 0.717) is 19.5 Å². The maximum atomic E-state index is 12.0. The van der Waals surface area contributed by atoms with Gasteiger partial charge in [-0.15, -0.1) is 0 Å². The lowest BCUT2D eigenvalue weighted by Gasteiger charge is -2.16. The number of aliphatic carboxylic acids is 1. The van der Waals surface area contributed by atoms with Gasteiger partial charge in [-0.2, -0.15) is 5.10 Å². The molecule has 6 nitrogen and oxygen atoms in total. The quantitative estimate of drug-likeness (QED) is 0.845. The Morgan fingerprint density at radius 1 is 1.50 bits per heavy atom. The Morgan fingerprint density at radius 2 is 2.22 bits per heavy atom. The summed E-state index contributed by atoms with van der Waals surface area (Å²) in [6.45, 7) is 4.80. The molecule has 1 N–H and O–H groups in total. The second-order valence-electron chi connectivity index (χ2n) is 4.75. The molecule has 0 bridgehead atoms. The number of aromatic nitrogens is 2. The number of hydrogen-bond donors (Lipinski definition) is 1. The van der Waals surface area contributed by atoms with Crippen LogP contribution in [0.2, 0.25) is 0 Å². The fraction of sp³-hybridized carbons (Fsp3) is 0.583. The number of hydrogen-bond acceptors (Lipinski definition) is 3. The number of amides is 1. The molecule has 1 amide bonds. The SMILES string of the molecule is Cc1cc(C)n(CC(=O)N2CCC(C(=O)O)C2)n1. The smallest absolute Gasteiger partial charge is 0.308 e. The number of carboxylic acids is 1. The summed E-state index contributed by atoms with van der Waals surface area (Å²) in [7, 11) is 0. The highest BCUT2D eigenvalue weighted by Crippen LogP contribution is 2.17. The Hall–Kier alpha value is -1.85. The molecule has 0 aliphatic carbocycles. The van der Waals surface area contributed by atoms with Crippen LogP contribution in [0.25, 0.3) is 0 Å². The Balaban J connectivity index is 1.97. The number of nitrogens with zero attached hydrogens (tertiary/aromatic N) is 3. The van der Waals surface area contributed by atoms with Gasteiger partial charge in [0.2, 0.25) is 5.91 Å². The van der Waals surface area contributed by atoms with Crippen LogP contribution in [0.5, 0.6) is 0 Å². The normalized spacial score (nSPS) is 19.2. The molecule has 0 spiro atoms. The van der Waals surface area contributed by atoms with Crippen LogP contribution in [0.4, 0.5) is 0 Å². The van der Waals surface area contributed by atoms with Gasteiger partial charge in [0, 0.05) is 18.8 Å². The molecule has 1 saturated heterocycles. The zero-order valence-corrected chi connectivity index (χ0v) is 10.6. The first-order valence-electron chi connectivity index (χ1n) is 5.99. The third-order valence-electron chi connectivity index (χ3n) is 3.28. The first-order chi connectivity index (χ1) is 8.47. The third kappa shape index (κ3) is 2.52. The van der Waals surface area contributed by atoms with Gasteiger partial charge >= 0.3 is 5.97 Å². The number of carbonyl (C=O) groups excluding carboxylic acids is 1. The summed E-state index contributed by atoms with van der Waals surface area (Å²) in [5, 5.41) is 13.1. The third-order valence-corrected chi connectivity index (χ3v) is 3.28. The molecule has 1 aliphatic rings. The van der Waals surface area contributed by atoms with E-state index in [9.17, 15) is 9.59 Å². The van der Waals surface area contributed by atoms with Crippen molar-refractivity contribution in [2.75, 3.05) is 13.1 Å². The predicted molar refractivity (Wildman–Crippen MR) is 64.0 cm³/mol. The largest absolute Gasteiger partial charge is 0.481 e.